The van der Waals surface area contributed by atoms with E-state index < -0.39 is 11.2 Å². The summed E-state index contributed by atoms with van der Waals surface area (Å²) in [4.78, 5) is 41.4. The van der Waals surface area contributed by atoms with Gasteiger partial charge in [0, 0.05) is 12.6 Å². The van der Waals surface area contributed by atoms with E-state index in [1.165, 1.54) is 0 Å². The zero-order valence-corrected chi connectivity index (χ0v) is 14.2. The summed E-state index contributed by atoms with van der Waals surface area (Å²) >= 11 is 0. The minimum absolute atomic E-state index is 0. The SMILES string of the molecule is CC1CC(CN)CN1C(=O)Cn1c(=O)[nH]c2ccccc2c1=O.Cl. The van der Waals surface area contributed by atoms with Gasteiger partial charge in [0.15, 0.2) is 0 Å². The number of halogens is 1. The molecule has 1 aromatic heterocycles. The van der Waals surface area contributed by atoms with Crippen molar-refractivity contribution in [3.05, 3.63) is 45.1 Å². The molecular weight excluding hydrogens is 332 g/mol. The Kier molecular flexibility index (Phi) is 5.46. The van der Waals surface area contributed by atoms with Gasteiger partial charge in [-0.1, -0.05) is 12.1 Å². The summed E-state index contributed by atoms with van der Waals surface area (Å²) in [5, 5.41) is 0.397. The Morgan fingerprint density at radius 3 is 2.71 bits per heavy atom. The van der Waals surface area contributed by atoms with Crippen molar-refractivity contribution in [1.29, 1.82) is 0 Å². The van der Waals surface area contributed by atoms with Crippen molar-refractivity contribution in [2.45, 2.75) is 25.9 Å². The van der Waals surface area contributed by atoms with E-state index in [2.05, 4.69) is 4.98 Å². The van der Waals surface area contributed by atoms with Gasteiger partial charge in [-0.25, -0.2) is 4.79 Å². The van der Waals surface area contributed by atoms with E-state index >= 15 is 0 Å². The first-order valence-corrected chi connectivity index (χ1v) is 7.72. The molecule has 1 amide bonds. The lowest BCUT2D eigenvalue weighted by Crippen LogP contribution is -2.43. The Bertz CT molecular complexity index is 860. The number of benzene rings is 1. The molecule has 130 valence electrons. The van der Waals surface area contributed by atoms with Crippen LogP contribution in [0.25, 0.3) is 10.9 Å². The number of para-hydroxylation sites is 1. The van der Waals surface area contributed by atoms with Crippen LogP contribution in [-0.4, -0.2) is 39.5 Å². The molecule has 24 heavy (non-hydrogen) atoms. The summed E-state index contributed by atoms with van der Waals surface area (Å²) in [7, 11) is 0. The summed E-state index contributed by atoms with van der Waals surface area (Å²) in [5.74, 6) is 0.0527. The van der Waals surface area contributed by atoms with Gasteiger partial charge >= 0.3 is 5.69 Å². The molecule has 1 aromatic carbocycles. The number of fused-ring (bicyclic) bond motifs is 1. The Morgan fingerprint density at radius 1 is 1.33 bits per heavy atom. The largest absolute Gasteiger partial charge is 0.338 e. The Balaban J connectivity index is 0.00000208. The van der Waals surface area contributed by atoms with Crippen LogP contribution in [0.2, 0.25) is 0 Å². The molecule has 0 aliphatic carbocycles. The maximum atomic E-state index is 12.5. The second-order valence-corrected chi connectivity index (χ2v) is 6.10. The highest BCUT2D eigenvalue weighted by atomic mass is 35.5. The average molecular weight is 353 g/mol. The Morgan fingerprint density at radius 2 is 2.04 bits per heavy atom. The zero-order valence-electron chi connectivity index (χ0n) is 13.4. The summed E-state index contributed by atoms with van der Waals surface area (Å²) in [6.45, 7) is 2.82. The normalized spacial score (nSPS) is 20.2. The molecule has 2 heterocycles. The summed E-state index contributed by atoms with van der Waals surface area (Å²) in [6.07, 6.45) is 0.852. The maximum Gasteiger partial charge on any atom is 0.329 e. The highest BCUT2D eigenvalue weighted by Gasteiger charge is 2.31. The summed E-state index contributed by atoms with van der Waals surface area (Å²) in [5.41, 5.74) is 5.14. The van der Waals surface area contributed by atoms with Crippen molar-refractivity contribution in [3.63, 3.8) is 0 Å². The van der Waals surface area contributed by atoms with E-state index in [9.17, 15) is 14.4 Å². The van der Waals surface area contributed by atoms with Crippen LogP contribution >= 0.6 is 12.4 Å². The molecule has 1 aliphatic rings. The Labute approximate surface area is 144 Å². The third-order valence-electron chi connectivity index (χ3n) is 4.50. The van der Waals surface area contributed by atoms with Crippen molar-refractivity contribution < 1.29 is 4.79 Å². The van der Waals surface area contributed by atoms with Crippen molar-refractivity contribution in [2.24, 2.45) is 11.7 Å². The zero-order chi connectivity index (χ0) is 16.6. The molecule has 2 unspecified atom stereocenters. The van der Waals surface area contributed by atoms with E-state index in [0.29, 0.717) is 24.0 Å². The lowest BCUT2D eigenvalue weighted by molar-refractivity contribution is -0.132. The van der Waals surface area contributed by atoms with E-state index in [-0.39, 0.29) is 36.8 Å². The number of H-pyrrole nitrogens is 1. The summed E-state index contributed by atoms with van der Waals surface area (Å²) in [6, 6.07) is 6.84. The molecule has 1 fully saturated rings. The number of carbonyl (C=O) groups is 1. The van der Waals surface area contributed by atoms with Gasteiger partial charge < -0.3 is 15.6 Å². The number of aromatic nitrogens is 2. The number of rotatable bonds is 3. The third-order valence-corrected chi connectivity index (χ3v) is 4.50. The number of nitrogens with two attached hydrogens (primary N) is 1. The maximum absolute atomic E-state index is 12.5. The molecule has 1 saturated heterocycles. The van der Waals surface area contributed by atoms with Gasteiger partial charge in [0.1, 0.15) is 6.54 Å². The van der Waals surface area contributed by atoms with E-state index in [1.54, 1.807) is 29.2 Å². The summed E-state index contributed by atoms with van der Waals surface area (Å²) < 4.78 is 0.965. The second kappa shape index (κ2) is 7.19. The number of carbonyl (C=O) groups excluding carboxylic acids is 1. The van der Waals surface area contributed by atoms with Crippen LogP contribution in [0, 0.1) is 5.92 Å². The van der Waals surface area contributed by atoms with Crippen LogP contribution in [-0.2, 0) is 11.3 Å². The quantitative estimate of drug-likeness (QED) is 0.829. The van der Waals surface area contributed by atoms with Gasteiger partial charge in [0.2, 0.25) is 5.91 Å². The van der Waals surface area contributed by atoms with Crippen LogP contribution in [0.5, 0.6) is 0 Å². The monoisotopic (exact) mass is 352 g/mol. The van der Waals surface area contributed by atoms with Crippen molar-refractivity contribution in [3.8, 4) is 0 Å². The van der Waals surface area contributed by atoms with Gasteiger partial charge in [-0.15, -0.1) is 12.4 Å². The van der Waals surface area contributed by atoms with Crippen LogP contribution in [0.4, 0.5) is 0 Å². The number of hydrogen-bond acceptors (Lipinski definition) is 4. The predicted octanol–water partition coefficient (Wildman–Crippen LogP) is 0.307. The predicted molar refractivity (Wildman–Crippen MR) is 94.4 cm³/mol. The molecule has 2 atom stereocenters. The molecule has 8 heteroatoms. The van der Waals surface area contributed by atoms with Gasteiger partial charge in [-0.3, -0.25) is 14.2 Å². The fraction of sp³-hybridized carbons (Fsp3) is 0.438. The molecule has 7 nitrogen and oxygen atoms in total. The number of likely N-dealkylation sites (tertiary alicyclic amines) is 1. The standard InChI is InChI=1S/C16H20N4O3.ClH/c1-10-6-11(7-17)8-19(10)14(21)9-20-15(22)12-4-2-3-5-13(12)18-16(20)23;/h2-5,10-11H,6-9,17H2,1H3,(H,18,23);1H. The minimum atomic E-state index is -0.565. The molecule has 3 rings (SSSR count). The molecule has 1 aliphatic heterocycles. The van der Waals surface area contributed by atoms with Crippen molar-refractivity contribution in [2.75, 3.05) is 13.1 Å². The first-order valence-electron chi connectivity index (χ1n) is 7.72. The number of hydrogen-bond donors (Lipinski definition) is 2. The van der Waals surface area contributed by atoms with Crippen LogP contribution in [0.15, 0.2) is 33.9 Å². The first-order chi connectivity index (χ1) is 11.0. The smallest absolute Gasteiger partial charge is 0.329 e. The first kappa shape index (κ1) is 18.2. The van der Waals surface area contributed by atoms with E-state index in [1.807, 2.05) is 6.92 Å². The third kappa shape index (κ3) is 3.22. The van der Waals surface area contributed by atoms with Gasteiger partial charge in [0.25, 0.3) is 5.56 Å². The second-order valence-electron chi connectivity index (χ2n) is 6.10. The van der Waals surface area contributed by atoms with Crippen molar-refractivity contribution >= 4 is 29.2 Å². The molecular formula is C16H21ClN4O3. The van der Waals surface area contributed by atoms with Gasteiger partial charge in [-0.2, -0.15) is 0 Å². The minimum Gasteiger partial charge on any atom is -0.338 e. The molecule has 0 spiro atoms. The number of aromatic amines is 1. The van der Waals surface area contributed by atoms with Crippen LogP contribution in [0.3, 0.4) is 0 Å². The molecule has 2 aromatic rings. The van der Waals surface area contributed by atoms with Gasteiger partial charge in [-0.05, 0) is 37.9 Å². The number of amides is 1. The highest BCUT2D eigenvalue weighted by molar-refractivity contribution is 5.85. The van der Waals surface area contributed by atoms with Crippen LogP contribution < -0.4 is 17.0 Å². The van der Waals surface area contributed by atoms with Crippen LogP contribution in [0.1, 0.15) is 13.3 Å². The van der Waals surface area contributed by atoms with Crippen molar-refractivity contribution in [1.82, 2.24) is 14.5 Å². The molecule has 0 radical (unpaired) electrons. The van der Waals surface area contributed by atoms with E-state index in [4.69, 9.17) is 5.73 Å². The Hall–Kier alpha value is -2.12. The molecule has 3 N–H and O–H groups in total. The topological polar surface area (TPSA) is 101 Å². The average Bonchev–Trinajstić information content (AvgIpc) is 2.92. The molecule has 0 bridgehead atoms. The fourth-order valence-electron chi connectivity index (χ4n) is 3.23. The fourth-order valence-corrected chi connectivity index (χ4v) is 3.23. The number of nitrogens with one attached hydrogen (secondary N) is 1. The lowest BCUT2D eigenvalue weighted by Gasteiger charge is -2.21. The lowest BCUT2D eigenvalue weighted by atomic mass is 10.1. The van der Waals surface area contributed by atoms with Gasteiger partial charge in [0.05, 0.1) is 10.9 Å². The highest BCUT2D eigenvalue weighted by Crippen LogP contribution is 2.22. The molecule has 0 saturated carbocycles. The van der Waals surface area contributed by atoms with E-state index in [0.717, 1.165) is 11.0 Å². The number of nitrogens with zero attached hydrogens (tertiary/aromatic N) is 2.